The topological polar surface area (TPSA) is 3.24 Å². The van der Waals surface area contributed by atoms with Crippen LogP contribution in [0.1, 0.15) is 73.9 Å². The molecule has 1 spiro atoms. The summed E-state index contributed by atoms with van der Waals surface area (Å²) < 4.78 is 8.68. The highest BCUT2D eigenvalue weighted by Gasteiger charge is 2.51. The van der Waals surface area contributed by atoms with E-state index >= 15 is 0 Å². The van der Waals surface area contributed by atoms with E-state index in [9.17, 15) is 0 Å². The number of nitrogens with zero attached hydrogens (tertiary/aromatic N) is 1. The molecule has 268 valence electrons. The molecule has 0 saturated heterocycles. The molecule has 1 heteroatoms. The third-order valence-electron chi connectivity index (χ3n) is 13.0. The first-order valence-electron chi connectivity index (χ1n) is 20.4. The number of rotatable bonds is 5. The molecule has 0 radical (unpaired) electrons. The van der Waals surface area contributed by atoms with Crippen molar-refractivity contribution >= 4 is 17.1 Å². The highest BCUT2D eigenvalue weighted by atomic mass is 15.1. The summed E-state index contributed by atoms with van der Waals surface area (Å²) in [6.45, 7) is 8.62. The molecule has 0 aromatic heterocycles. The molecule has 3 aliphatic carbocycles. The Hall–Kier alpha value is -6.44. The van der Waals surface area contributed by atoms with Crippen molar-refractivity contribution in [3.8, 4) is 44.5 Å². The van der Waals surface area contributed by atoms with Crippen molar-refractivity contribution in [1.29, 1.82) is 0 Å². The van der Waals surface area contributed by atoms with Crippen LogP contribution in [0.15, 0.2) is 182 Å². The predicted molar refractivity (Wildman–Crippen MR) is 235 cm³/mol. The molecule has 0 unspecified atom stereocenters. The first-order valence-corrected chi connectivity index (χ1v) is 19.9. The summed E-state index contributed by atoms with van der Waals surface area (Å²) in [6.07, 6.45) is 0. The summed E-state index contributed by atoms with van der Waals surface area (Å²) in [4.78, 5) is 2.49. The molecule has 11 rings (SSSR count). The van der Waals surface area contributed by atoms with Crippen LogP contribution < -0.4 is 4.90 Å². The first kappa shape index (κ1) is 31.9. The second-order valence-corrected chi connectivity index (χ2v) is 16.4. The Balaban J connectivity index is 1.18. The lowest BCUT2D eigenvalue weighted by atomic mass is 9.70. The maximum atomic E-state index is 8.68. The van der Waals surface area contributed by atoms with Gasteiger partial charge in [-0.15, -0.1) is 0 Å². The summed E-state index contributed by atoms with van der Waals surface area (Å²) in [7, 11) is 0. The molecule has 3 aliphatic rings. The van der Waals surface area contributed by atoms with E-state index in [4.69, 9.17) is 1.37 Å². The van der Waals surface area contributed by atoms with E-state index in [1.807, 2.05) is 13.8 Å². The van der Waals surface area contributed by atoms with Gasteiger partial charge in [-0.2, -0.15) is 0 Å². The minimum Gasteiger partial charge on any atom is -0.310 e. The number of benzene rings is 8. The fourth-order valence-electron chi connectivity index (χ4n) is 10.4. The molecule has 0 N–H and O–H groups in total. The second kappa shape index (κ2) is 12.0. The largest absolute Gasteiger partial charge is 0.310 e. The zero-order valence-corrected chi connectivity index (χ0v) is 32.3. The number of para-hydroxylation sites is 1. The third-order valence-corrected chi connectivity index (χ3v) is 13.0. The van der Waals surface area contributed by atoms with Gasteiger partial charge in [0.2, 0.25) is 0 Å². The van der Waals surface area contributed by atoms with Crippen molar-refractivity contribution in [3.05, 3.63) is 221 Å². The quantitative estimate of drug-likeness (QED) is 0.171. The summed E-state index contributed by atoms with van der Waals surface area (Å²) >= 11 is 0. The molecule has 0 heterocycles. The Morgan fingerprint density at radius 3 is 1.36 bits per heavy atom. The molecular formula is C55H43N. The Morgan fingerprint density at radius 1 is 0.411 bits per heavy atom. The van der Waals surface area contributed by atoms with E-state index in [2.05, 4.69) is 201 Å². The molecule has 0 amide bonds. The summed E-state index contributed by atoms with van der Waals surface area (Å²) in [5.41, 5.74) is 21.9. The van der Waals surface area contributed by atoms with Crippen molar-refractivity contribution in [1.82, 2.24) is 0 Å². The lowest BCUT2D eigenvalue weighted by Gasteiger charge is -2.33. The summed E-state index contributed by atoms with van der Waals surface area (Å²) in [6, 6.07) is 67.7. The summed E-state index contributed by atoms with van der Waals surface area (Å²) in [5, 5.41) is 0. The van der Waals surface area contributed by atoms with E-state index in [1.54, 1.807) is 0 Å². The van der Waals surface area contributed by atoms with Crippen LogP contribution in [-0.4, -0.2) is 0 Å². The van der Waals surface area contributed by atoms with Crippen molar-refractivity contribution in [3.63, 3.8) is 0 Å². The molecule has 0 bridgehead atoms. The van der Waals surface area contributed by atoms with E-state index < -0.39 is 11.3 Å². The van der Waals surface area contributed by atoms with E-state index in [1.165, 1.54) is 66.8 Å². The van der Waals surface area contributed by atoms with Crippen LogP contribution in [0.5, 0.6) is 0 Å². The van der Waals surface area contributed by atoms with Gasteiger partial charge in [-0.05, 0) is 114 Å². The molecular weight excluding hydrogens is 675 g/mol. The number of hydrogen-bond donors (Lipinski definition) is 0. The molecule has 56 heavy (non-hydrogen) atoms. The van der Waals surface area contributed by atoms with Gasteiger partial charge in [-0.3, -0.25) is 0 Å². The van der Waals surface area contributed by atoms with Gasteiger partial charge in [-0.25, -0.2) is 0 Å². The molecule has 8 aromatic rings. The van der Waals surface area contributed by atoms with Crippen molar-refractivity contribution < 1.29 is 1.37 Å². The maximum Gasteiger partial charge on any atom is 0.0726 e. The average Bonchev–Trinajstić information content (AvgIpc) is 3.79. The van der Waals surface area contributed by atoms with E-state index in [0.29, 0.717) is 0 Å². The SMILES string of the molecule is [2H]C(C)(C)c1ccc(-c2ccccc2N(c2ccc3c(c2)C(C)(C)c2ccccc2-3)c2ccc3c(c2)C2(c4ccccc4-c4ccccc42)c2ccccc2-3)cc1. The van der Waals surface area contributed by atoms with Gasteiger partial charge >= 0.3 is 0 Å². The first-order chi connectivity index (χ1) is 27.7. The molecule has 0 atom stereocenters. The highest BCUT2D eigenvalue weighted by Crippen LogP contribution is 2.63. The Morgan fingerprint density at radius 2 is 0.821 bits per heavy atom. The average molecular weight is 719 g/mol. The van der Waals surface area contributed by atoms with Crippen molar-refractivity contribution in [2.75, 3.05) is 4.90 Å². The second-order valence-electron chi connectivity index (χ2n) is 16.4. The van der Waals surface area contributed by atoms with Gasteiger partial charge in [0.15, 0.2) is 0 Å². The third kappa shape index (κ3) is 4.43. The van der Waals surface area contributed by atoms with Crippen LogP contribution in [-0.2, 0) is 10.8 Å². The van der Waals surface area contributed by atoms with Crippen LogP contribution >= 0.6 is 0 Å². The zero-order valence-electron chi connectivity index (χ0n) is 33.3. The van der Waals surface area contributed by atoms with Crippen LogP contribution in [0.25, 0.3) is 44.5 Å². The molecule has 0 fully saturated rings. The van der Waals surface area contributed by atoms with E-state index in [-0.39, 0.29) is 5.41 Å². The Labute approximate surface area is 332 Å². The monoisotopic (exact) mass is 718 g/mol. The standard InChI is InChI=1S/C55H43N/c1-35(2)36-25-27-37(28-26-36)40-15-9-14-24-53(40)56(38-29-31-45-41-16-5-10-20-47(41)54(3,4)51(45)33-38)39-30-32-46-44-19-8-13-23-50(44)55(52(46)34-39)48-21-11-6-17-42(48)43-18-7-12-22-49(43)55/h5-35H,1-4H3/i35D. The molecule has 8 aromatic carbocycles. The van der Waals surface area contributed by atoms with Gasteiger partial charge in [-0.1, -0.05) is 179 Å². The van der Waals surface area contributed by atoms with Crippen LogP contribution in [0.2, 0.25) is 0 Å². The lowest BCUT2D eigenvalue weighted by molar-refractivity contribution is 0.660. The summed E-state index contributed by atoms with van der Waals surface area (Å²) in [5.74, 6) is -0.672. The Kier molecular flexibility index (Phi) is 6.84. The fraction of sp³-hybridized carbons (Fsp3) is 0.127. The van der Waals surface area contributed by atoms with Gasteiger partial charge < -0.3 is 4.90 Å². The normalized spacial score (nSPS) is 15.0. The fourth-order valence-corrected chi connectivity index (χ4v) is 10.4. The van der Waals surface area contributed by atoms with Crippen LogP contribution in [0.3, 0.4) is 0 Å². The van der Waals surface area contributed by atoms with Crippen molar-refractivity contribution in [2.45, 2.75) is 44.4 Å². The van der Waals surface area contributed by atoms with Gasteiger partial charge in [0.1, 0.15) is 0 Å². The zero-order chi connectivity index (χ0) is 38.7. The number of anilines is 3. The lowest BCUT2D eigenvalue weighted by Crippen LogP contribution is -2.26. The highest BCUT2D eigenvalue weighted by molar-refractivity contribution is 5.97. The minimum absolute atomic E-state index is 0.146. The number of hydrogen-bond acceptors (Lipinski definition) is 1. The molecule has 0 saturated carbocycles. The molecule has 1 nitrogen and oxygen atoms in total. The van der Waals surface area contributed by atoms with Crippen molar-refractivity contribution in [2.24, 2.45) is 0 Å². The molecule has 0 aliphatic heterocycles. The minimum atomic E-state index is -0.672. The van der Waals surface area contributed by atoms with E-state index in [0.717, 1.165) is 33.8 Å². The van der Waals surface area contributed by atoms with Crippen LogP contribution in [0.4, 0.5) is 17.1 Å². The van der Waals surface area contributed by atoms with Gasteiger partial charge in [0.25, 0.3) is 0 Å². The number of fused-ring (bicyclic) bond motifs is 13. The van der Waals surface area contributed by atoms with Crippen LogP contribution in [0, 0.1) is 0 Å². The van der Waals surface area contributed by atoms with Gasteiger partial charge in [0.05, 0.1) is 11.1 Å². The smallest absolute Gasteiger partial charge is 0.0726 e. The predicted octanol–water partition coefficient (Wildman–Crippen LogP) is 14.6. The maximum absolute atomic E-state index is 8.68. The Bertz CT molecular complexity index is 2860. The van der Waals surface area contributed by atoms with Gasteiger partial charge in [0, 0.05) is 23.7 Å².